The summed E-state index contributed by atoms with van der Waals surface area (Å²) in [5.41, 5.74) is 4.27. The van der Waals surface area contributed by atoms with Crippen molar-refractivity contribution in [1.82, 2.24) is 19.6 Å². The zero-order chi connectivity index (χ0) is 19.7. The van der Waals surface area contributed by atoms with E-state index < -0.39 is 0 Å². The van der Waals surface area contributed by atoms with Crippen molar-refractivity contribution >= 4 is 5.91 Å². The largest absolute Gasteiger partial charge is 0.335 e. The molecule has 1 aromatic heterocycles. The summed E-state index contributed by atoms with van der Waals surface area (Å²) < 4.78 is 15.1. The number of carbonyl (C=O) groups is 1. The molecule has 1 amide bonds. The highest BCUT2D eigenvalue weighted by Gasteiger charge is 2.29. The van der Waals surface area contributed by atoms with Crippen LogP contribution >= 0.6 is 0 Å². The van der Waals surface area contributed by atoms with E-state index in [0.717, 1.165) is 36.3 Å². The summed E-state index contributed by atoms with van der Waals surface area (Å²) in [5.74, 6) is -0.100. The summed E-state index contributed by atoms with van der Waals surface area (Å²) in [6.45, 7) is 5.68. The number of nitriles is 1. The smallest absolute Gasteiger partial charge is 0.237 e. The molecule has 0 radical (unpaired) electrons. The minimum Gasteiger partial charge on any atom is -0.335 e. The fourth-order valence-electron chi connectivity index (χ4n) is 4.15. The second-order valence-corrected chi connectivity index (χ2v) is 7.71. The molecule has 2 aliphatic heterocycles. The third-order valence-electron chi connectivity index (χ3n) is 5.75. The number of amides is 1. The molecule has 0 N–H and O–H groups in total. The number of hydrogen-bond acceptors (Lipinski definition) is 4. The van der Waals surface area contributed by atoms with Gasteiger partial charge in [-0.15, -0.1) is 0 Å². The molecule has 0 aliphatic carbocycles. The van der Waals surface area contributed by atoms with Gasteiger partial charge in [0.2, 0.25) is 5.91 Å². The molecule has 0 spiro atoms. The van der Waals surface area contributed by atoms with E-state index in [9.17, 15) is 9.18 Å². The second kappa shape index (κ2) is 7.72. The second-order valence-electron chi connectivity index (χ2n) is 7.71. The van der Waals surface area contributed by atoms with E-state index in [0.29, 0.717) is 32.7 Å². The van der Waals surface area contributed by atoms with Crippen LogP contribution in [-0.2, 0) is 24.3 Å². The third kappa shape index (κ3) is 3.78. The standard InChI is InChI=1S/C21H24FN5O/c1-15-19-7-9-26(21(28)14-25-8-6-17(10-23)11-25)13-20(19)27(24-15)12-16-2-4-18(22)5-3-16/h2-5,17H,6-9,11-14H2,1H3. The Morgan fingerprint density at radius 2 is 2.11 bits per heavy atom. The monoisotopic (exact) mass is 381 g/mol. The average Bonchev–Trinajstić information content (AvgIpc) is 3.28. The normalized spacial score (nSPS) is 19.5. The van der Waals surface area contributed by atoms with Gasteiger partial charge in [-0.3, -0.25) is 14.4 Å². The highest BCUT2D eigenvalue weighted by Crippen LogP contribution is 2.24. The first-order valence-corrected chi connectivity index (χ1v) is 9.73. The Bertz CT molecular complexity index is 914. The van der Waals surface area contributed by atoms with Gasteiger partial charge in [-0.1, -0.05) is 12.1 Å². The molecule has 1 atom stereocenters. The van der Waals surface area contributed by atoms with E-state index in [-0.39, 0.29) is 17.6 Å². The molecule has 1 unspecified atom stereocenters. The molecule has 1 fully saturated rings. The number of halogens is 1. The molecule has 0 bridgehead atoms. The van der Waals surface area contributed by atoms with Crippen molar-refractivity contribution in [2.75, 3.05) is 26.2 Å². The third-order valence-corrected chi connectivity index (χ3v) is 5.75. The van der Waals surface area contributed by atoms with Gasteiger partial charge in [-0.25, -0.2) is 4.39 Å². The number of aromatic nitrogens is 2. The highest BCUT2D eigenvalue weighted by molar-refractivity contribution is 5.78. The summed E-state index contributed by atoms with van der Waals surface area (Å²) in [4.78, 5) is 16.8. The molecule has 3 heterocycles. The summed E-state index contributed by atoms with van der Waals surface area (Å²) >= 11 is 0. The van der Waals surface area contributed by atoms with Crippen LogP contribution in [0.2, 0.25) is 0 Å². The van der Waals surface area contributed by atoms with E-state index >= 15 is 0 Å². The zero-order valence-electron chi connectivity index (χ0n) is 16.1. The summed E-state index contributed by atoms with van der Waals surface area (Å²) in [6.07, 6.45) is 1.65. The van der Waals surface area contributed by atoms with E-state index in [1.807, 2.05) is 16.5 Å². The number of hydrogen-bond donors (Lipinski definition) is 0. The fraction of sp³-hybridized carbons (Fsp3) is 0.476. The molecule has 4 rings (SSSR count). The fourth-order valence-corrected chi connectivity index (χ4v) is 4.15. The van der Waals surface area contributed by atoms with E-state index in [1.54, 1.807) is 12.1 Å². The average molecular weight is 381 g/mol. The van der Waals surface area contributed by atoms with Crippen LogP contribution in [0.4, 0.5) is 4.39 Å². The molecular formula is C21H24FN5O. The van der Waals surface area contributed by atoms with Gasteiger partial charge in [-0.05, 0) is 43.0 Å². The van der Waals surface area contributed by atoms with Crippen molar-refractivity contribution < 1.29 is 9.18 Å². The van der Waals surface area contributed by atoms with Crippen molar-refractivity contribution in [2.45, 2.75) is 32.9 Å². The number of aryl methyl sites for hydroxylation is 1. The van der Waals surface area contributed by atoms with Gasteiger partial charge in [0.05, 0.1) is 43.0 Å². The van der Waals surface area contributed by atoms with Gasteiger partial charge in [-0.2, -0.15) is 10.4 Å². The van der Waals surface area contributed by atoms with Crippen molar-refractivity contribution in [3.05, 3.63) is 52.6 Å². The Morgan fingerprint density at radius 3 is 2.82 bits per heavy atom. The van der Waals surface area contributed by atoms with Crippen molar-refractivity contribution in [1.29, 1.82) is 5.26 Å². The minimum atomic E-state index is -0.250. The Balaban J connectivity index is 1.46. The lowest BCUT2D eigenvalue weighted by Gasteiger charge is -2.29. The Morgan fingerprint density at radius 1 is 1.32 bits per heavy atom. The summed E-state index contributed by atoms with van der Waals surface area (Å²) in [6, 6.07) is 8.74. The summed E-state index contributed by atoms with van der Waals surface area (Å²) in [5, 5.41) is 13.7. The van der Waals surface area contributed by atoms with Gasteiger partial charge < -0.3 is 4.90 Å². The first-order chi connectivity index (χ1) is 13.5. The van der Waals surface area contributed by atoms with Crippen molar-refractivity contribution in [3.8, 4) is 6.07 Å². The number of likely N-dealkylation sites (tertiary alicyclic amines) is 1. The van der Waals surface area contributed by atoms with Crippen molar-refractivity contribution in [2.24, 2.45) is 5.92 Å². The quantitative estimate of drug-likeness (QED) is 0.814. The summed E-state index contributed by atoms with van der Waals surface area (Å²) in [7, 11) is 0. The molecule has 1 saturated heterocycles. The van der Waals surface area contributed by atoms with Crippen LogP contribution in [-0.4, -0.2) is 51.7 Å². The van der Waals surface area contributed by atoms with Gasteiger partial charge in [0.1, 0.15) is 5.82 Å². The molecule has 146 valence electrons. The van der Waals surface area contributed by atoms with E-state index in [1.165, 1.54) is 17.7 Å². The predicted molar refractivity (Wildman–Crippen MR) is 102 cm³/mol. The van der Waals surface area contributed by atoms with Gasteiger partial charge in [0.25, 0.3) is 0 Å². The maximum atomic E-state index is 13.2. The van der Waals surface area contributed by atoms with Crippen molar-refractivity contribution in [3.63, 3.8) is 0 Å². The van der Waals surface area contributed by atoms with Crippen LogP contribution in [0.3, 0.4) is 0 Å². The van der Waals surface area contributed by atoms with Crippen LogP contribution < -0.4 is 0 Å². The lowest BCUT2D eigenvalue weighted by molar-refractivity contribution is -0.133. The first-order valence-electron chi connectivity index (χ1n) is 9.73. The number of nitrogens with zero attached hydrogens (tertiary/aromatic N) is 5. The molecule has 6 nitrogen and oxygen atoms in total. The van der Waals surface area contributed by atoms with E-state index in [2.05, 4.69) is 16.1 Å². The lowest BCUT2D eigenvalue weighted by atomic mass is 10.0. The molecular weight excluding hydrogens is 357 g/mol. The number of carbonyl (C=O) groups excluding carboxylic acids is 1. The number of benzene rings is 1. The number of fused-ring (bicyclic) bond motifs is 1. The first kappa shape index (κ1) is 18.6. The zero-order valence-corrected chi connectivity index (χ0v) is 16.1. The molecule has 28 heavy (non-hydrogen) atoms. The molecule has 2 aliphatic rings. The van der Waals surface area contributed by atoms with Gasteiger partial charge in [0.15, 0.2) is 0 Å². The number of rotatable bonds is 4. The maximum Gasteiger partial charge on any atom is 0.237 e. The van der Waals surface area contributed by atoms with Crippen LogP contribution in [0, 0.1) is 30.0 Å². The highest BCUT2D eigenvalue weighted by atomic mass is 19.1. The van der Waals surface area contributed by atoms with Gasteiger partial charge in [0, 0.05) is 19.6 Å². The predicted octanol–water partition coefficient (Wildman–Crippen LogP) is 2.11. The Kier molecular flexibility index (Phi) is 5.14. The SMILES string of the molecule is Cc1nn(Cc2ccc(F)cc2)c2c1CCN(C(=O)CN1CCC(C#N)C1)C2. The molecule has 1 aromatic carbocycles. The van der Waals surface area contributed by atoms with Crippen LogP contribution in [0.15, 0.2) is 24.3 Å². The lowest BCUT2D eigenvalue weighted by Crippen LogP contribution is -2.42. The molecule has 7 heteroatoms. The van der Waals surface area contributed by atoms with Crippen LogP contribution in [0.5, 0.6) is 0 Å². The topological polar surface area (TPSA) is 65.2 Å². The molecule has 2 aromatic rings. The molecule has 0 saturated carbocycles. The van der Waals surface area contributed by atoms with Crippen LogP contribution in [0.1, 0.15) is 28.9 Å². The van der Waals surface area contributed by atoms with Crippen LogP contribution in [0.25, 0.3) is 0 Å². The van der Waals surface area contributed by atoms with E-state index in [4.69, 9.17) is 5.26 Å². The Labute approximate surface area is 164 Å². The maximum absolute atomic E-state index is 13.2. The minimum absolute atomic E-state index is 0.0422. The van der Waals surface area contributed by atoms with Gasteiger partial charge >= 0.3 is 0 Å². The Hall–Kier alpha value is -2.72.